The van der Waals surface area contributed by atoms with E-state index >= 15 is 0 Å². The highest BCUT2D eigenvalue weighted by Gasteiger charge is 2.26. The van der Waals surface area contributed by atoms with Crippen molar-refractivity contribution in [1.29, 1.82) is 0 Å². The van der Waals surface area contributed by atoms with E-state index in [-0.39, 0.29) is 5.92 Å². The first-order valence-corrected chi connectivity index (χ1v) is 4.32. The molecule has 1 atom stereocenters. The van der Waals surface area contributed by atoms with Crippen LogP contribution in [0.2, 0.25) is 0 Å². The van der Waals surface area contributed by atoms with Crippen LogP contribution < -0.4 is 0 Å². The van der Waals surface area contributed by atoms with Crippen molar-refractivity contribution in [1.82, 2.24) is 0 Å². The Balaban J connectivity index is 2.56. The summed E-state index contributed by atoms with van der Waals surface area (Å²) in [6.07, 6.45) is 0.925. The van der Waals surface area contributed by atoms with Crippen LogP contribution in [0.3, 0.4) is 0 Å². The number of ketones is 1. The molecule has 0 fully saturated rings. The molecule has 0 aromatic heterocycles. The number of carbonyl (C=O) groups is 1. The lowest BCUT2D eigenvalue weighted by Gasteiger charge is -1.97. The number of aryl methyl sites for hydroxylation is 1. The minimum Gasteiger partial charge on any atom is -0.294 e. The Morgan fingerprint density at radius 1 is 1.42 bits per heavy atom. The molecule has 1 aliphatic rings. The molecule has 1 nitrogen and oxygen atoms in total. The highest BCUT2D eigenvalue weighted by atomic mass is 16.1. The van der Waals surface area contributed by atoms with Crippen molar-refractivity contribution in [2.75, 3.05) is 0 Å². The lowest BCUT2D eigenvalue weighted by Crippen LogP contribution is -2.02. The normalized spacial score (nSPS) is 21.2. The average molecular weight is 160 g/mol. The maximum atomic E-state index is 11.5. The second-order valence-electron chi connectivity index (χ2n) is 3.63. The van der Waals surface area contributed by atoms with Crippen molar-refractivity contribution < 1.29 is 4.79 Å². The monoisotopic (exact) mass is 160 g/mol. The predicted molar refractivity (Wildman–Crippen MR) is 48.4 cm³/mol. The number of fused-ring (bicyclic) bond motifs is 1. The van der Waals surface area contributed by atoms with E-state index in [1.54, 1.807) is 0 Å². The summed E-state index contributed by atoms with van der Waals surface area (Å²) in [5.74, 6) is 0.510. The van der Waals surface area contributed by atoms with Gasteiger partial charge in [0.2, 0.25) is 0 Å². The van der Waals surface area contributed by atoms with Gasteiger partial charge in [-0.05, 0) is 25.0 Å². The maximum Gasteiger partial charge on any atom is 0.166 e. The Morgan fingerprint density at radius 2 is 2.17 bits per heavy atom. The van der Waals surface area contributed by atoms with E-state index in [1.807, 2.05) is 19.9 Å². The number of hydrogen-bond acceptors (Lipinski definition) is 1. The van der Waals surface area contributed by atoms with Gasteiger partial charge in [0.1, 0.15) is 0 Å². The molecule has 0 spiro atoms. The molecule has 12 heavy (non-hydrogen) atoms. The smallest absolute Gasteiger partial charge is 0.166 e. The van der Waals surface area contributed by atoms with Crippen LogP contribution >= 0.6 is 0 Å². The number of Topliss-reactive ketones (excluding diaryl/α,β-unsaturated/α-hetero) is 1. The first-order valence-electron chi connectivity index (χ1n) is 4.32. The van der Waals surface area contributed by atoms with Crippen LogP contribution in [-0.4, -0.2) is 5.78 Å². The first kappa shape index (κ1) is 7.53. The Bertz CT molecular complexity index is 339. The number of benzene rings is 1. The standard InChI is InChI=1S/C11H12O/c1-7-3-4-9-6-8(2)11(12)10(9)5-7/h3-5,8H,6H2,1-2H3. The van der Waals surface area contributed by atoms with E-state index in [4.69, 9.17) is 0 Å². The van der Waals surface area contributed by atoms with Gasteiger partial charge in [0.25, 0.3) is 0 Å². The molecule has 2 rings (SSSR count). The Hall–Kier alpha value is -1.11. The van der Waals surface area contributed by atoms with Gasteiger partial charge < -0.3 is 0 Å². The summed E-state index contributed by atoms with van der Waals surface area (Å²) in [6, 6.07) is 6.15. The van der Waals surface area contributed by atoms with Gasteiger partial charge in [-0.3, -0.25) is 4.79 Å². The fraction of sp³-hybridized carbons (Fsp3) is 0.364. The summed E-state index contributed by atoms with van der Waals surface area (Å²) in [5.41, 5.74) is 3.34. The van der Waals surface area contributed by atoms with Gasteiger partial charge in [-0.2, -0.15) is 0 Å². The van der Waals surface area contributed by atoms with E-state index in [1.165, 1.54) is 11.1 Å². The summed E-state index contributed by atoms with van der Waals surface area (Å²) in [6.45, 7) is 4.02. The molecule has 1 unspecified atom stereocenters. The van der Waals surface area contributed by atoms with E-state index in [0.29, 0.717) is 5.78 Å². The van der Waals surface area contributed by atoms with Crippen LogP contribution in [0, 0.1) is 12.8 Å². The summed E-state index contributed by atoms with van der Waals surface area (Å²) in [5, 5.41) is 0. The third kappa shape index (κ3) is 0.970. The summed E-state index contributed by atoms with van der Waals surface area (Å²) >= 11 is 0. The summed E-state index contributed by atoms with van der Waals surface area (Å²) < 4.78 is 0. The molecule has 0 bridgehead atoms. The molecular weight excluding hydrogens is 148 g/mol. The molecule has 0 N–H and O–H groups in total. The lowest BCUT2D eigenvalue weighted by molar-refractivity contribution is 0.0946. The SMILES string of the molecule is Cc1ccc2c(c1)C(=O)C(C)C2. The number of rotatable bonds is 0. The van der Waals surface area contributed by atoms with Crippen molar-refractivity contribution in [2.24, 2.45) is 5.92 Å². The van der Waals surface area contributed by atoms with Crippen molar-refractivity contribution >= 4 is 5.78 Å². The van der Waals surface area contributed by atoms with Gasteiger partial charge in [0, 0.05) is 11.5 Å². The van der Waals surface area contributed by atoms with Crippen LogP contribution in [0.5, 0.6) is 0 Å². The van der Waals surface area contributed by atoms with E-state index < -0.39 is 0 Å². The van der Waals surface area contributed by atoms with Crippen molar-refractivity contribution in [3.8, 4) is 0 Å². The van der Waals surface area contributed by atoms with Crippen LogP contribution in [0.15, 0.2) is 18.2 Å². The fourth-order valence-corrected chi connectivity index (χ4v) is 1.79. The van der Waals surface area contributed by atoms with Crippen LogP contribution in [0.1, 0.15) is 28.4 Å². The van der Waals surface area contributed by atoms with E-state index in [2.05, 4.69) is 12.1 Å². The topological polar surface area (TPSA) is 17.1 Å². The Kier molecular flexibility index (Phi) is 1.53. The third-order valence-electron chi connectivity index (χ3n) is 2.50. The van der Waals surface area contributed by atoms with Crippen molar-refractivity contribution in [2.45, 2.75) is 20.3 Å². The fourth-order valence-electron chi connectivity index (χ4n) is 1.79. The minimum atomic E-state index is 0.196. The molecule has 0 aliphatic heterocycles. The molecule has 1 aromatic carbocycles. The molecule has 1 aromatic rings. The zero-order valence-electron chi connectivity index (χ0n) is 7.42. The molecule has 1 heteroatoms. The third-order valence-corrected chi connectivity index (χ3v) is 2.50. The van der Waals surface area contributed by atoms with Crippen molar-refractivity contribution in [3.05, 3.63) is 34.9 Å². The predicted octanol–water partition coefficient (Wildman–Crippen LogP) is 2.37. The quantitative estimate of drug-likeness (QED) is 0.569. The number of carbonyl (C=O) groups excluding carboxylic acids is 1. The minimum absolute atomic E-state index is 0.196. The molecule has 0 saturated carbocycles. The second-order valence-corrected chi connectivity index (χ2v) is 3.63. The second kappa shape index (κ2) is 2.44. The van der Waals surface area contributed by atoms with E-state index in [0.717, 1.165) is 12.0 Å². The van der Waals surface area contributed by atoms with Crippen molar-refractivity contribution in [3.63, 3.8) is 0 Å². The van der Waals surface area contributed by atoms with Gasteiger partial charge in [-0.1, -0.05) is 24.6 Å². The van der Waals surface area contributed by atoms with Gasteiger partial charge in [0.15, 0.2) is 5.78 Å². The average Bonchev–Trinajstić information content (AvgIpc) is 2.31. The van der Waals surface area contributed by atoms with Crippen LogP contribution in [-0.2, 0) is 6.42 Å². The molecular formula is C11H12O. The molecule has 62 valence electrons. The van der Waals surface area contributed by atoms with Crippen LogP contribution in [0.4, 0.5) is 0 Å². The van der Waals surface area contributed by atoms with E-state index in [9.17, 15) is 4.79 Å². The molecule has 0 saturated heterocycles. The highest BCUT2D eigenvalue weighted by Crippen LogP contribution is 2.26. The zero-order valence-corrected chi connectivity index (χ0v) is 7.42. The molecule has 0 amide bonds. The van der Waals surface area contributed by atoms with Gasteiger partial charge in [-0.25, -0.2) is 0 Å². The molecule has 1 aliphatic carbocycles. The van der Waals surface area contributed by atoms with Gasteiger partial charge >= 0.3 is 0 Å². The Morgan fingerprint density at radius 3 is 2.92 bits per heavy atom. The van der Waals surface area contributed by atoms with Gasteiger partial charge in [-0.15, -0.1) is 0 Å². The lowest BCUT2D eigenvalue weighted by atomic mass is 10.1. The zero-order chi connectivity index (χ0) is 8.72. The summed E-state index contributed by atoms with van der Waals surface area (Å²) in [4.78, 5) is 11.5. The van der Waals surface area contributed by atoms with Gasteiger partial charge in [0.05, 0.1) is 0 Å². The summed E-state index contributed by atoms with van der Waals surface area (Å²) in [7, 11) is 0. The number of hydrogen-bond donors (Lipinski definition) is 0. The highest BCUT2D eigenvalue weighted by molar-refractivity contribution is 6.02. The molecule has 0 heterocycles. The first-order chi connectivity index (χ1) is 5.68. The maximum absolute atomic E-state index is 11.5. The van der Waals surface area contributed by atoms with Crippen LogP contribution in [0.25, 0.3) is 0 Å². The Labute approximate surface area is 72.4 Å². The molecule has 0 radical (unpaired) electrons. The largest absolute Gasteiger partial charge is 0.294 e.